The molecular weight excluding hydrogens is 258 g/mol. The van der Waals surface area contributed by atoms with E-state index in [1.54, 1.807) is 18.2 Å². The van der Waals surface area contributed by atoms with Crippen molar-refractivity contribution in [2.24, 2.45) is 5.92 Å². The molecule has 0 aromatic heterocycles. The molecule has 0 radical (unpaired) electrons. The highest BCUT2D eigenvalue weighted by atomic mass is 16.2. The summed E-state index contributed by atoms with van der Waals surface area (Å²) in [6, 6.07) is 4.89. The third kappa shape index (κ3) is 2.08. The number of hydrogen-bond acceptors (Lipinski definition) is 4. The SMILES string of the molecule is CC1NCCC1C(=O)Nc1ccc2c(c1)C(=O)NC2=O. The quantitative estimate of drug-likeness (QED) is 0.685. The Labute approximate surface area is 115 Å². The summed E-state index contributed by atoms with van der Waals surface area (Å²) in [6.45, 7) is 2.81. The minimum Gasteiger partial charge on any atom is -0.326 e. The summed E-state index contributed by atoms with van der Waals surface area (Å²) in [4.78, 5) is 35.2. The van der Waals surface area contributed by atoms with Crippen LogP contribution >= 0.6 is 0 Å². The van der Waals surface area contributed by atoms with E-state index in [1.165, 1.54) is 0 Å². The van der Waals surface area contributed by atoms with Gasteiger partial charge in [0.2, 0.25) is 5.91 Å². The highest BCUT2D eigenvalue weighted by Crippen LogP contribution is 2.22. The third-order valence-corrected chi connectivity index (χ3v) is 3.87. The van der Waals surface area contributed by atoms with Crippen molar-refractivity contribution in [1.82, 2.24) is 10.6 Å². The first kappa shape index (κ1) is 12.8. The molecule has 2 unspecified atom stereocenters. The van der Waals surface area contributed by atoms with E-state index in [2.05, 4.69) is 16.0 Å². The molecule has 0 aliphatic carbocycles. The summed E-state index contributed by atoms with van der Waals surface area (Å²) in [5.41, 5.74) is 1.20. The van der Waals surface area contributed by atoms with Crippen LogP contribution in [0.15, 0.2) is 18.2 Å². The van der Waals surface area contributed by atoms with Crippen LogP contribution < -0.4 is 16.0 Å². The van der Waals surface area contributed by atoms with Crippen LogP contribution in [0.3, 0.4) is 0 Å². The van der Waals surface area contributed by atoms with Gasteiger partial charge in [-0.25, -0.2) is 0 Å². The Morgan fingerprint density at radius 3 is 2.70 bits per heavy atom. The summed E-state index contributed by atoms with van der Waals surface area (Å²) < 4.78 is 0. The van der Waals surface area contributed by atoms with Crippen molar-refractivity contribution in [3.63, 3.8) is 0 Å². The first-order valence-electron chi connectivity index (χ1n) is 6.60. The van der Waals surface area contributed by atoms with Crippen LogP contribution in [0.2, 0.25) is 0 Å². The van der Waals surface area contributed by atoms with Crippen LogP contribution in [-0.2, 0) is 4.79 Å². The lowest BCUT2D eigenvalue weighted by atomic mass is 10.0. The number of imide groups is 1. The zero-order chi connectivity index (χ0) is 14.3. The minimum absolute atomic E-state index is 0.0628. The molecule has 1 fully saturated rings. The van der Waals surface area contributed by atoms with E-state index in [-0.39, 0.29) is 17.9 Å². The minimum atomic E-state index is -0.419. The number of rotatable bonds is 2. The first-order valence-corrected chi connectivity index (χ1v) is 6.60. The van der Waals surface area contributed by atoms with Crippen molar-refractivity contribution in [3.8, 4) is 0 Å². The van der Waals surface area contributed by atoms with Gasteiger partial charge in [0, 0.05) is 11.7 Å². The number of fused-ring (bicyclic) bond motifs is 1. The van der Waals surface area contributed by atoms with Gasteiger partial charge in [-0.3, -0.25) is 19.7 Å². The van der Waals surface area contributed by atoms with E-state index >= 15 is 0 Å². The van der Waals surface area contributed by atoms with Crippen LogP contribution in [0.5, 0.6) is 0 Å². The summed E-state index contributed by atoms with van der Waals surface area (Å²) in [7, 11) is 0. The maximum Gasteiger partial charge on any atom is 0.259 e. The van der Waals surface area contributed by atoms with Crippen LogP contribution in [0, 0.1) is 5.92 Å². The first-order chi connectivity index (χ1) is 9.56. The molecule has 1 aromatic carbocycles. The lowest BCUT2D eigenvalue weighted by Crippen LogP contribution is -2.32. The van der Waals surface area contributed by atoms with Gasteiger partial charge >= 0.3 is 0 Å². The predicted octanol–water partition coefficient (Wildman–Crippen LogP) is 0.507. The van der Waals surface area contributed by atoms with E-state index in [0.717, 1.165) is 13.0 Å². The fourth-order valence-corrected chi connectivity index (χ4v) is 2.70. The molecule has 0 spiro atoms. The normalized spacial score (nSPS) is 24.4. The van der Waals surface area contributed by atoms with Gasteiger partial charge in [0.05, 0.1) is 17.0 Å². The number of hydrogen-bond donors (Lipinski definition) is 3. The fraction of sp³-hybridized carbons (Fsp3) is 0.357. The highest BCUT2D eigenvalue weighted by Gasteiger charge is 2.30. The van der Waals surface area contributed by atoms with Gasteiger partial charge in [0.15, 0.2) is 0 Å². The number of carbonyl (C=O) groups is 3. The number of nitrogens with one attached hydrogen (secondary N) is 3. The van der Waals surface area contributed by atoms with Gasteiger partial charge in [-0.1, -0.05) is 0 Å². The van der Waals surface area contributed by atoms with Crippen molar-refractivity contribution in [1.29, 1.82) is 0 Å². The average Bonchev–Trinajstić information content (AvgIpc) is 2.95. The van der Waals surface area contributed by atoms with Crippen LogP contribution in [0.25, 0.3) is 0 Å². The molecule has 3 N–H and O–H groups in total. The molecular formula is C14H15N3O3. The van der Waals surface area contributed by atoms with E-state index in [1.807, 2.05) is 6.92 Å². The molecule has 3 amide bonds. The molecule has 1 aromatic rings. The van der Waals surface area contributed by atoms with E-state index in [4.69, 9.17) is 0 Å². The van der Waals surface area contributed by atoms with Crippen molar-refractivity contribution < 1.29 is 14.4 Å². The smallest absolute Gasteiger partial charge is 0.259 e. The molecule has 104 valence electrons. The standard InChI is InChI=1S/C14H15N3O3/c1-7-9(4-5-15-7)12(18)16-8-2-3-10-11(6-8)14(20)17-13(10)19/h2-3,6-7,9,15H,4-5H2,1H3,(H,16,18)(H,17,19,20). The number of anilines is 1. The lowest BCUT2D eigenvalue weighted by molar-refractivity contribution is -0.120. The number of amides is 3. The molecule has 0 saturated carbocycles. The van der Waals surface area contributed by atoms with Gasteiger partial charge in [-0.2, -0.15) is 0 Å². The molecule has 20 heavy (non-hydrogen) atoms. The van der Waals surface area contributed by atoms with Crippen LogP contribution in [0.1, 0.15) is 34.1 Å². The number of benzene rings is 1. The Balaban J connectivity index is 1.79. The number of carbonyl (C=O) groups excluding carboxylic acids is 3. The Kier molecular flexibility index (Phi) is 3.02. The van der Waals surface area contributed by atoms with Gasteiger partial charge in [0.1, 0.15) is 0 Å². The fourth-order valence-electron chi connectivity index (χ4n) is 2.70. The highest BCUT2D eigenvalue weighted by molar-refractivity contribution is 6.22. The summed E-state index contributed by atoms with van der Waals surface area (Å²) in [6.07, 6.45) is 0.802. The maximum atomic E-state index is 12.2. The van der Waals surface area contributed by atoms with Gasteiger partial charge < -0.3 is 10.6 Å². The lowest BCUT2D eigenvalue weighted by Gasteiger charge is -2.15. The topological polar surface area (TPSA) is 87.3 Å². The second kappa shape index (κ2) is 4.72. The van der Waals surface area contributed by atoms with E-state index in [9.17, 15) is 14.4 Å². The molecule has 6 nitrogen and oxygen atoms in total. The van der Waals surface area contributed by atoms with Crippen molar-refractivity contribution in [2.75, 3.05) is 11.9 Å². The zero-order valence-electron chi connectivity index (χ0n) is 11.0. The van der Waals surface area contributed by atoms with Gasteiger partial charge in [0.25, 0.3) is 11.8 Å². The Morgan fingerprint density at radius 2 is 2.00 bits per heavy atom. The Hall–Kier alpha value is -2.21. The van der Waals surface area contributed by atoms with Crippen LogP contribution in [0.4, 0.5) is 5.69 Å². The Morgan fingerprint density at radius 1 is 1.25 bits per heavy atom. The predicted molar refractivity (Wildman–Crippen MR) is 72.4 cm³/mol. The largest absolute Gasteiger partial charge is 0.326 e. The molecule has 0 bridgehead atoms. The third-order valence-electron chi connectivity index (χ3n) is 3.87. The van der Waals surface area contributed by atoms with Crippen molar-refractivity contribution in [2.45, 2.75) is 19.4 Å². The Bertz CT molecular complexity index is 612. The van der Waals surface area contributed by atoms with E-state index in [0.29, 0.717) is 16.8 Å². The molecule has 2 atom stereocenters. The molecule has 2 aliphatic rings. The van der Waals surface area contributed by atoms with Crippen LogP contribution in [-0.4, -0.2) is 30.3 Å². The molecule has 6 heteroatoms. The van der Waals surface area contributed by atoms with Gasteiger partial charge in [-0.05, 0) is 38.1 Å². The van der Waals surface area contributed by atoms with E-state index < -0.39 is 11.8 Å². The average molecular weight is 273 g/mol. The van der Waals surface area contributed by atoms with Gasteiger partial charge in [-0.15, -0.1) is 0 Å². The summed E-state index contributed by atoms with van der Waals surface area (Å²) >= 11 is 0. The van der Waals surface area contributed by atoms with Crippen molar-refractivity contribution >= 4 is 23.4 Å². The second-order valence-electron chi connectivity index (χ2n) is 5.17. The second-order valence-corrected chi connectivity index (χ2v) is 5.17. The maximum absolute atomic E-state index is 12.2. The molecule has 2 heterocycles. The molecule has 1 saturated heterocycles. The van der Waals surface area contributed by atoms with Crippen molar-refractivity contribution in [3.05, 3.63) is 29.3 Å². The monoisotopic (exact) mass is 273 g/mol. The summed E-state index contributed by atoms with van der Waals surface area (Å²) in [5.74, 6) is -0.945. The summed E-state index contributed by atoms with van der Waals surface area (Å²) in [5, 5.41) is 8.25. The molecule has 2 aliphatic heterocycles. The molecule has 3 rings (SSSR count). The zero-order valence-corrected chi connectivity index (χ0v) is 11.0.